The number of hydrogen-bond donors (Lipinski definition) is 4. The van der Waals surface area contributed by atoms with Crippen LogP contribution in [-0.2, 0) is 30.3 Å². The Kier molecular flexibility index (Phi) is 11.1. The Morgan fingerprint density at radius 3 is 2.10 bits per heavy atom. The molecule has 0 spiro atoms. The van der Waals surface area contributed by atoms with Crippen LogP contribution in [0.15, 0.2) is 48.5 Å². The zero-order chi connectivity index (χ0) is 31.0. The Morgan fingerprint density at radius 1 is 0.951 bits per heavy atom. The van der Waals surface area contributed by atoms with Gasteiger partial charge in [0.25, 0.3) is 0 Å². The highest BCUT2D eigenvalue weighted by Gasteiger charge is 2.44. The van der Waals surface area contributed by atoms with Crippen molar-refractivity contribution in [2.24, 2.45) is 0 Å². The summed E-state index contributed by atoms with van der Waals surface area (Å²) in [5, 5.41) is 25.6. The van der Waals surface area contributed by atoms with E-state index in [4.69, 9.17) is 4.74 Å². The van der Waals surface area contributed by atoms with Crippen LogP contribution in [0.2, 0.25) is 0 Å². The highest BCUT2D eigenvalue weighted by Crippen LogP contribution is 2.36. The number of methoxy groups -OCH3 is 1. The van der Waals surface area contributed by atoms with E-state index in [1.807, 2.05) is 6.92 Å². The fraction of sp³-hybridized carbons (Fsp3) is 0.467. The summed E-state index contributed by atoms with van der Waals surface area (Å²) >= 11 is 0. The van der Waals surface area contributed by atoms with Gasteiger partial charge in [0, 0.05) is 17.5 Å². The average Bonchev–Trinajstić information content (AvgIpc) is 2.90. The van der Waals surface area contributed by atoms with Crippen molar-refractivity contribution in [3.8, 4) is 11.5 Å². The lowest BCUT2D eigenvalue weighted by Gasteiger charge is -2.44. The predicted molar refractivity (Wildman–Crippen MR) is 152 cm³/mol. The van der Waals surface area contributed by atoms with Crippen LogP contribution < -0.4 is 10.6 Å². The van der Waals surface area contributed by atoms with Gasteiger partial charge in [-0.25, -0.2) is 4.79 Å². The molecule has 11 nitrogen and oxygen atoms in total. The van der Waals surface area contributed by atoms with E-state index in [0.717, 1.165) is 0 Å². The number of nitrogens with zero attached hydrogens (tertiary/aromatic N) is 1. The maximum absolute atomic E-state index is 14.5. The Balaban J connectivity index is 2.66. The minimum Gasteiger partial charge on any atom is -0.508 e. The van der Waals surface area contributed by atoms with E-state index in [0.29, 0.717) is 12.0 Å². The maximum Gasteiger partial charge on any atom is 0.408 e. The van der Waals surface area contributed by atoms with Crippen molar-refractivity contribution in [2.75, 3.05) is 13.7 Å². The Bertz CT molecular complexity index is 1220. The van der Waals surface area contributed by atoms with E-state index >= 15 is 0 Å². The third-order valence-electron chi connectivity index (χ3n) is 6.49. The third-order valence-corrected chi connectivity index (χ3v) is 6.49. The molecular formula is C30H41N3O8. The van der Waals surface area contributed by atoms with E-state index in [2.05, 4.69) is 15.4 Å². The smallest absolute Gasteiger partial charge is 0.408 e. The molecule has 0 aliphatic rings. The van der Waals surface area contributed by atoms with Gasteiger partial charge in [-0.15, -0.1) is 0 Å². The number of carbonyl (C=O) groups excluding carboxylic acids is 4. The van der Waals surface area contributed by atoms with E-state index in [9.17, 15) is 29.4 Å². The number of hydrogen-bond acceptors (Lipinski definition) is 8. The molecule has 2 rings (SSSR count). The van der Waals surface area contributed by atoms with Crippen LogP contribution in [0, 0.1) is 0 Å². The minimum absolute atomic E-state index is 0.00587. The summed E-state index contributed by atoms with van der Waals surface area (Å²) in [4.78, 5) is 54.2. The van der Waals surface area contributed by atoms with Crippen molar-refractivity contribution in [1.82, 2.24) is 15.5 Å². The third kappa shape index (κ3) is 9.40. The van der Waals surface area contributed by atoms with Gasteiger partial charge in [-0.3, -0.25) is 14.4 Å². The number of phenols is 2. The largest absolute Gasteiger partial charge is 0.508 e. The van der Waals surface area contributed by atoms with E-state index < -0.39 is 53.6 Å². The molecule has 0 bridgehead atoms. The number of esters is 1. The zero-order valence-electron chi connectivity index (χ0n) is 24.7. The summed E-state index contributed by atoms with van der Waals surface area (Å²) in [7, 11) is 1.18. The van der Waals surface area contributed by atoms with Gasteiger partial charge in [-0.1, -0.05) is 37.3 Å². The number of phenolic OH excluding ortho intramolecular Hbond substituents is 2. The molecule has 2 atom stereocenters. The molecule has 0 heterocycles. The second-order valence-corrected chi connectivity index (χ2v) is 11.2. The lowest BCUT2D eigenvalue weighted by atomic mass is 9.91. The van der Waals surface area contributed by atoms with Gasteiger partial charge in [0.15, 0.2) is 0 Å². The topological polar surface area (TPSA) is 154 Å². The Morgan fingerprint density at radius 2 is 1.56 bits per heavy atom. The molecule has 0 aromatic heterocycles. The van der Waals surface area contributed by atoms with Crippen molar-refractivity contribution in [2.45, 2.75) is 77.6 Å². The number of benzene rings is 2. The monoisotopic (exact) mass is 571 g/mol. The summed E-state index contributed by atoms with van der Waals surface area (Å²) < 4.78 is 10.1. The number of rotatable bonds is 11. The summed E-state index contributed by atoms with van der Waals surface area (Å²) in [6.07, 6.45) is -0.435. The molecule has 2 aromatic carbocycles. The molecule has 41 heavy (non-hydrogen) atoms. The molecule has 0 saturated carbocycles. The number of aromatic hydroxyl groups is 2. The number of ether oxygens (including phenoxy) is 2. The number of alkyl carbamates (subject to hydrolysis) is 1. The van der Waals surface area contributed by atoms with Crippen molar-refractivity contribution >= 4 is 23.9 Å². The molecule has 0 fully saturated rings. The van der Waals surface area contributed by atoms with Gasteiger partial charge >= 0.3 is 12.1 Å². The molecule has 0 aliphatic carbocycles. The summed E-state index contributed by atoms with van der Waals surface area (Å²) in [6, 6.07) is 9.67. The molecule has 4 N–H and O–H groups in total. The van der Waals surface area contributed by atoms with E-state index in [1.165, 1.54) is 36.3 Å². The summed E-state index contributed by atoms with van der Waals surface area (Å²) in [6.45, 7) is 9.97. The van der Waals surface area contributed by atoms with Gasteiger partial charge < -0.3 is 35.2 Å². The summed E-state index contributed by atoms with van der Waals surface area (Å²) in [5.74, 6) is -2.25. The number of carbonyl (C=O) groups is 4. The number of amides is 3. The van der Waals surface area contributed by atoms with Crippen LogP contribution in [0.4, 0.5) is 4.79 Å². The Hall–Kier alpha value is -4.28. The summed E-state index contributed by atoms with van der Waals surface area (Å²) in [5.41, 5.74) is -1.06. The first-order chi connectivity index (χ1) is 19.1. The van der Waals surface area contributed by atoms with Crippen molar-refractivity contribution in [3.05, 3.63) is 59.7 Å². The van der Waals surface area contributed by atoms with Gasteiger partial charge in [0.05, 0.1) is 7.11 Å². The normalized spacial score (nSPS) is 13.0. The number of nitrogens with one attached hydrogen (secondary N) is 2. The van der Waals surface area contributed by atoms with Crippen molar-refractivity contribution in [3.63, 3.8) is 0 Å². The first-order valence-electron chi connectivity index (χ1n) is 13.3. The molecule has 224 valence electrons. The lowest BCUT2D eigenvalue weighted by Crippen LogP contribution is -2.60. The van der Waals surface area contributed by atoms with Crippen LogP contribution in [0.5, 0.6) is 11.5 Å². The van der Waals surface area contributed by atoms with E-state index in [-0.39, 0.29) is 23.5 Å². The van der Waals surface area contributed by atoms with Crippen molar-refractivity contribution in [1.29, 1.82) is 0 Å². The molecule has 0 aliphatic heterocycles. The van der Waals surface area contributed by atoms with Crippen LogP contribution in [0.3, 0.4) is 0 Å². The van der Waals surface area contributed by atoms with Gasteiger partial charge in [0.2, 0.25) is 11.8 Å². The molecule has 11 heteroatoms. The first-order valence-corrected chi connectivity index (χ1v) is 13.3. The van der Waals surface area contributed by atoms with Gasteiger partial charge in [-0.05, 0) is 64.8 Å². The first kappa shape index (κ1) is 32.9. The van der Waals surface area contributed by atoms with E-state index in [1.54, 1.807) is 58.9 Å². The SMILES string of the molecule is CCC(C)(C)N(C(=O)C(Cc1ccc(O)cc1)NC(=O)OC(C)(C)C)C(C(=O)NCC(=O)OC)c1ccccc1O. The van der Waals surface area contributed by atoms with Crippen LogP contribution in [0.25, 0.3) is 0 Å². The second kappa shape index (κ2) is 13.9. The molecule has 2 aromatic rings. The zero-order valence-corrected chi connectivity index (χ0v) is 24.7. The fourth-order valence-corrected chi connectivity index (χ4v) is 4.08. The van der Waals surface area contributed by atoms with Gasteiger partial charge in [0.1, 0.15) is 35.7 Å². The lowest BCUT2D eigenvalue weighted by molar-refractivity contribution is -0.150. The Labute approximate surface area is 240 Å². The maximum atomic E-state index is 14.5. The second-order valence-electron chi connectivity index (χ2n) is 11.2. The minimum atomic E-state index is -1.38. The molecule has 0 radical (unpaired) electrons. The van der Waals surface area contributed by atoms with Crippen molar-refractivity contribution < 1.29 is 38.9 Å². The van der Waals surface area contributed by atoms with Crippen LogP contribution in [0.1, 0.15) is 65.1 Å². The number of para-hydroxylation sites is 1. The standard InChI is InChI=1S/C30H41N3O8/c1-8-30(5,6)33(25(21-11-9-10-12-23(21)35)26(37)31-18-24(36)40-7)27(38)22(32-28(39)41-29(2,3)4)17-19-13-15-20(34)16-14-19/h9-16,22,25,34-35H,8,17-18H2,1-7H3,(H,31,37)(H,32,39). The predicted octanol–water partition coefficient (Wildman–Crippen LogP) is 3.58. The highest BCUT2D eigenvalue weighted by atomic mass is 16.6. The fourth-order valence-electron chi connectivity index (χ4n) is 4.08. The van der Waals surface area contributed by atoms with Gasteiger partial charge in [-0.2, -0.15) is 0 Å². The molecule has 0 saturated heterocycles. The quantitative estimate of drug-likeness (QED) is 0.299. The van der Waals surface area contributed by atoms with Crippen LogP contribution in [-0.4, -0.2) is 69.8 Å². The molecule has 3 amide bonds. The molecular weight excluding hydrogens is 530 g/mol. The average molecular weight is 572 g/mol. The van der Waals surface area contributed by atoms with Crippen LogP contribution >= 0.6 is 0 Å². The molecule has 2 unspecified atom stereocenters. The highest BCUT2D eigenvalue weighted by molar-refractivity contribution is 5.94.